The van der Waals surface area contributed by atoms with Gasteiger partial charge in [-0.3, -0.25) is 9.78 Å². The average molecular weight is 377 g/mol. The number of esters is 1. The maximum Gasteiger partial charge on any atom is 0.359 e. The van der Waals surface area contributed by atoms with Gasteiger partial charge in [-0.05, 0) is 24.6 Å². The second-order valence-electron chi connectivity index (χ2n) is 5.98. The summed E-state index contributed by atoms with van der Waals surface area (Å²) in [5.41, 5.74) is 1.99. The lowest BCUT2D eigenvalue weighted by atomic mass is 10.1. The number of carbonyl (C=O) groups is 2. The first kappa shape index (κ1) is 19.0. The van der Waals surface area contributed by atoms with E-state index >= 15 is 0 Å². The van der Waals surface area contributed by atoms with Gasteiger partial charge in [0.1, 0.15) is 5.75 Å². The zero-order valence-corrected chi connectivity index (χ0v) is 15.5. The van der Waals surface area contributed by atoms with E-state index in [1.807, 2.05) is 19.1 Å². The van der Waals surface area contributed by atoms with E-state index in [1.165, 1.54) is 25.7 Å². The quantitative estimate of drug-likeness (QED) is 0.663. The summed E-state index contributed by atoms with van der Waals surface area (Å²) in [7, 11) is 1.52. The highest BCUT2D eigenvalue weighted by Crippen LogP contribution is 2.28. The van der Waals surface area contributed by atoms with Crippen molar-refractivity contribution in [2.24, 2.45) is 0 Å². The number of hydrogen-bond acceptors (Lipinski definition) is 6. The van der Waals surface area contributed by atoms with Gasteiger partial charge in [0.15, 0.2) is 5.69 Å². The SMILES string of the molecule is COc1ccc(C)cc1NC(=O)[C@@H](OC(=O)c1cnccn1)c1ccccc1. The molecule has 0 aliphatic heterocycles. The maximum absolute atomic E-state index is 13.0. The fraction of sp³-hybridized carbons (Fsp3) is 0.143. The Balaban J connectivity index is 1.88. The number of methoxy groups -OCH3 is 1. The predicted molar refractivity (Wildman–Crippen MR) is 103 cm³/mol. The van der Waals surface area contributed by atoms with Crippen LogP contribution in [0.5, 0.6) is 5.75 Å². The molecule has 0 unspecified atom stereocenters. The van der Waals surface area contributed by atoms with Crippen LogP contribution in [0.25, 0.3) is 0 Å². The molecule has 3 aromatic rings. The van der Waals surface area contributed by atoms with E-state index in [4.69, 9.17) is 9.47 Å². The maximum atomic E-state index is 13.0. The first-order valence-corrected chi connectivity index (χ1v) is 8.56. The van der Waals surface area contributed by atoms with Crippen LogP contribution < -0.4 is 10.1 Å². The largest absolute Gasteiger partial charge is 0.495 e. The monoisotopic (exact) mass is 377 g/mol. The van der Waals surface area contributed by atoms with E-state index in [2.05, 4.69) is 15.3 Å². The van der Waals surface area contributed by atoms with Crippen molar-refractivity contribution in [2.75, 3.05) is 12.4 Å². The summed E-state index contributed by atoms with van der Waals surface area (Å²) < 4.78 is 10.8. The molecule has 0 bridgehead atoms. The minimum atomic E-state index is -1.17. The van der Waals surface area contributed by atoms with Gasteiger partial charge in [0, 0.05) is 18.0 Å². The number of benzene rings is 2. The molecule has 1 heterocycles. The van der Waals surface area contributed by atoms with Crippen molar-refractivity contribution >= 4 is 17.6 Å². The van der Waals surface area contributed by atoms with Crippen molar-refractivity contribution in [3.05, 3.63) is 83.9 Å². The molecule has 1 atom stereocenters. The first-order chi connectivity index (χ1) is 13.6. The Labute approximate surface area is 162 Å². The van der Waals surface area contributed by atoms with Crippen LogP contribution in [0.4, 0.5) is 5.69 Å². The molecule has 1 aromatic heterocycles. The van der Waals surface area contributed by atoms with E-state index in [0.29, 0.717) is 17.0 Å². The number of carbonyl (C=O) groups excluding carboxylic acids is 2. The number of aryl methyl sites for hydroxylation is 1. The molecule has 0 aliphatic carbocycles. The fourth-order valence-electron chi connectivity index (χ4n) is 2.59. The van der Waals surface area contributed by atoms with Gasteiger partial charge in [-0.2, -0.15) is 0 Å². The highest BCUT2D eigenvalue weighted by Gasteiger charge is 2.27. The normalized spacial score (nSPS) is 11.4. The third kappa shape index (κ3) is 4.50. The van der Waals surface area contributed by atoms with Crippen molar-refractivity contribution in [3.63, 3.8) is 0 Å². The molecule has 3 rings (SSSR count). The molecule has 0 radical (unpaired) electrons. The molecule has 1 N–H and O–H groups in total. The molecule has 7 heteroatoms. The molecule has 7 nitrogen and oxygen atoms in total. The Hall–Kier alpha value is -3.74. The Bertz CT molecular complexity index is 962. The second-order valence-corrected chi connectivity index (χ2v) is 5.98. The summed E-state index contributed by atoms with van der Waals surface area (Å²) in [6.07, 6.45) is 2.95. The van der Waals surface area contributed by atoms with E-state index in [0.717, 1.165) is 5.56 Å². The number of nitrogens with zero attached hydrogens (tertiary/aromatic N) is 2. The number of nitrogens with one attached hydrogen (secondary N) is 1. The van der Waals surface area contributed by atoms with Gasteiger partial charge in [0.25, 0.3) is 5.91 Å². The van der Waals surface area contributed by atoms with Crippen molar-refractivity contribution in [2.45, 2.75) is 13.0 Å². The van der Waals surface area contributed by atoms with Crippen LogP contribution in [0, 0.1) is 6.92 Å². The summed E-state index contributed by atoms with van der Waals surface area (Å²) in [5.74, 6) is -0.744. The molecule has 2 aromatic carbocycles. The van der Waals surface area contributed by atoms with Gasteiger partial charge >= 0.3 is 5.97 Å². The number of amides is 1. The first-order valence-electron chi connectivity index (χ1n) is 8.56. The highest BCUT2D eigenvalue weighted by atomic mass is 16.5. The van der Waals surface area contributed by atoms with Crippen LogP contribution in [-0.2, 0) is 9.53 Å². The average Bonchev–Trinajstić information content (AvgIpc) is 2.73. The van der Waals surface area contributed by atoms with Crippen molar-refractivity contribution < 1.29 is 19.1 Å². The summed E-state index contributed by atoms with van der Waals surface area (Å²) in [6, 6.07) is 14.2. The van der Waals surface area contributed by atoms with Crippen molar-refractivity contribution in [1.82, 2.24) is 9.97 Å². The second kappa shape index (κ2) is 8.77. The predicted octanol–water partition coefficient (Wildman–Crippen LogP) is 3.33. The Kier molecular flexibility index (Phi) is 5.96. The summed E-state index contributed by atoms with van der Waals surface area (Å²) in [4.78, 5) is 33.2. The van der Waals surface area contributed by atoms with Crippen molar-refractivity contribution in [1.29, 1.82) is 0 Å². The van der Waals surface area contributed by atoms with Crippen LogP contribution in [-0.4, -0.2) is 29.0 Å². The minimum absolute atomic E-state index is 0.0179. The molecule has 142 valence electrons. The molecule has 0 spiro atoms. The van der Waals surface area contributed by atoms with Crippen LogP contribution in [0.3, 0.4) is 0 Å². The van der Waals surface area contributed by atoms with Gasteiger partial charge in [0.2, 0.25) is 6.10 Å². The minimum Gasteiger partial charge on any atom is -0.495 e. The molecular formula is C21H19N3O4. The van der Waals surface area contributed by atoms with Gasteiger partial charge in [-0.1, -0.05) is 36.4 Å². The number of aromatic nitrogens is 2. The Morgan fingerprint density at radius 3 is 2.54 bits per heavy atom. The van der Waals surface area contributed by atoms with Crippen LogP contribution in [0.2, 0.25) is 0 Å². The third-order valence-corrected chi connectivity index (χ3v) is 3.95. The van der Waals surface area contributed by atoms with Crippen LogP contribution >= 0.6 is 0 Å². The lowest BCUT2D eigenvalue weighted by Gasteiger charge is -2.19. The molecule has 1 amide bonds. The number of ether oxygens (including phenoxy) is 2. The molecule has 28 heavy (non-hydrogen) atoms. The fourth-order valence-corrected chi connectivity index (χ4v) is 2.59. The standard InChI is InChI=1S/C21H19N3O4/c1-14-8-9-18(27-2)16(12-14)24-20(25)19(15-6-4-3-5-7-15)28-21(26)17-13-22-10-11-23-17/h3-13,19H,1-2H3,(H,24,25)/t19-/m0/s1. The molecule has 0 fully saturated rings. The van der Waals surface area contributed by atoms with Crippen molar-refractivity contribution in [3.8, 4) is 5.75 Å². The Morgan fingerprint density at radius 2 is 1.86 bits per heavy atom. The molecule has 0 saturated carbocycles. The molecule has 0 saturated heterocycles. The van der Waals surface area contributed by atoms with Gasteiger partial charge in [-0.25, -0.2) is 9.78 Å². The van der Waals surface area contributed by atoms with E-state index in [9.17, 15) is 9.59 Å². The summed E-state index contributed by atoms with van der Waals surface area (Å²) in [5, 5.41) is 2.78. The van der Waals surface area contributed by atoms with Crippen LogP contribution in [0.1, 0.15) is 27.7 Å². The lowest BCUT2D eigenvalue weighted by Crippen LogP contribution is -2.26. The van der Waals surface area contributed by atoms with Gasteiger partial charge in [0.05, 0.1) is 19.0 Å². The van der Waals surface area contributed by atoms with Gasteiger partial charge < -0.3 is 14.8 Å². The summed E-state index contributed by atoms with van der Waals surface area (Å²) >= 11 is 0. The zero-order valence-electron chi connectivity index (χ0n) is 15.5. The lowest BCUT2D eigenvalue weighted by molar-refractivity contribution is -0.125. The smallest absolute Gasteiger partial charge is 0.359 e. The van der Waals surface area contributed by atoms with Gasteiger partial charge in [-0.15, -0.1) is 0 Å². The van der Waals surface area contributed by atoms with E-state index < -0.39 is 18.0 Å². The van der Waals surface area contributed by atoms with Crippen LogP contribution in [0.15, 0.2) is 67.1 Å². The molecular weight excluding hydrogens is 358 g/mol. The molecule has 0 aliphatic rings. The Morgan fingerprint density at radius 1 is 1.07 bits per heavy atom. The number of anilines is 1. The summed E-state index contributed by atoms with van der Waals surface area (Å²) in [6.45, 7) is 1.90. The van der Waals surface area contributed by atoms with E-state index in [-0.39, 0.29) is 5.69 Å². The third-order valence-electron chi connectivity index (χ3n) is 3.95. The topological polar surface area (TPSA) is 90.4 Å². The zero-order chi connectivity index (χ0) is 19.9. The van der Waals surface area contributed by atoms with E-state index in [1.54, 1.807) is 36.4 Å². The number of hydrogen-bond donors (Lipinski definition) is 1. The number of rotatable bonds is 6. The highest BCUT2D eigenvalue weighted by molar-refractivity contribution is 5.98.